The SMILES string of the molecule is CCCC1CCC(C=CCOc2ccc(C3OCC(C)CO3)cc2)CC1. The van der Waals surface area contributed by atoms with Gasteiger partial charge in [0.15, 0.2) is 6.29 Å². The van der Waals surface area contributed by atoms with Gasteiger partial charge in [-0.2, -0.15) is 0 Å². The lowest BCUT2D eigenvalue weighted by atomic mass is 9.80. The number of ether oxygens (including phenoxy) is 3. The van der Waals surface area contributed by atoms with Crippen molar-refractivity contribution in [1.82, 2.24) is 0 Å². The van der Waals surface area contributed by atoms with Crippen LogP contribution in [0.15, 0.2) is 36.4 Å². The van der Waals surface area contributed by atoms with E-state index in [1.807, 2.05) is 24.3 Å². The summed E-state index contributed by atoms with van der Waals surface area (Å²) >= 11 is 0. The topological polar surface area (TPSA) is 27.7 Å². The zero-order valence-electron chi connectivity index (χ0n) is 16.4. The molecule has 0 N–H and O–H groups in total. The van der Waals surface area contributed by atoms with Crippen molar-refractivity contribution in [3.63, 3.8) is 0 Å². The number of rotatable bonds is 7. The Kier molecular flexibility index (Phi) is 7.57. The molecule has 1 aromatic rings. The maximum absolute atomic E-state index is 5.85. The van der Waals surface area contributed by atoms with E-state index in [0.717, 1.165) is 36.4 Å². The zero-order valence-corrected chi connectivity index (χ0v) is 16.4. The zero-order chi connectivity index (χ0) is 18.2. The highest BCUT2D eigenvalue weighted by atomic mass is 16.7. The monoisotopic (exact) mass is 358 g/mol. The third kappa shape index (κ3) is 5.85. The summed E-state index contributed by atoms with van der Waals surface area (Å²) in [5.74, 6) is 3.09. The second kappa shape index (κ2) is 10.1. The van der Waals surface area contributed by atoms with E-state index >= 15 is 0 Å². The second-order valence-corrected chi connectivity index (χ2v) is 7.98. The van der Waals surface area contributed by atoms with Gasteiger partial charge in [0.25, 0.3) is 0 Å². The molecule has 3 rings (SSSR count). The van der Waals surface area contributed by atoms with E-state index in [1.165, 1.54) is 38.5 Å². The van der Waals surface area contributed by atoms with Crippen molar-refractivity contribution < 1.29 is 14.2 Å². The van der Waals surface area contributed by atoms with Crippen molar-refractivity contribution in [3.05, 3.63) is 42.0 Å². The second-order valence-electron chi connectivity index (χ2n) is 7.98. The largest absolute Gasteiger partial charge is 0.490 e. The summed E-state index contributed by atoms with van der Waals surface area (Å²) in [6, 6.07) is 8.08. The summed E-state index contributed by atoms with van der Waals surface area (Å²) in [5.41, 5.74) is 1.06. The minimum absolute atomic E-state index is 0.233. The molecule has 144 valence electrons. The molecule has 3 heteroatoms. The van der Waals surface area contributed by atoms with E-state index in [0.29, 0.717) is 12.5 Å². The average Bonchev–Trinajstić information content (AvgIpc) is 2.68. The lowest BCUT2D eigenvalue weighted by Gasteiger charge is -2.27. The number of hydrogen-bond donors (Lipinski definition) is 0. The Balaban J connectivity index is 1.37. The van der Waals surface area contributed by atoms with Gasteiger partial charge < -0.3 is 14.2 Å². The molecule has 1 aliphatic carbocycles. The summed E-state index contributed by atoms with van der Waals surface area (Å²) in [4.78, 5) is 0. The fourth-order valence-corrected chi connectivity index (χ4v) is 3.98. The Hall–Kier alpha value is -1.32. The van der Waals surface area contributed by atoms with Crippen LogP contribution >= 0.6 is 0 Å². The minimum Gasteiger partial charge on any atom is -0.490 e. The highest BCUT2D eigenvalue weighted by Crippen LogP contribution is 2.32. The molecule has 0 bridgehead atoms. The third-order valence-electron chi connectivity index (χ3n) is 5.56. The molecule has 26 heavy (non-hydrogen) atoms. The average molecular weight is 359 g/mol. The highest BCUT2D eigenvalue weighted by Gasteiger charge is 2.21. The van der Waals surface area contributed by atoms with Crippen LogP contribution in [0, 0.1) is 17.8 Å². The van der Waals surface area contributed by atoms with Gasteiger partial charge in [-0.25, -0.2) is 0 Å². The molecule has 0 radical (unpaired) electrons. The molecule has 2 aliphatic rings. The van der Waals surface area contributed by atoms with Crippen LogP contribution in [0.25, 0.3) is 0 Å². The standard InChI is InChI=1S/C23H34O3/c1-3-5-19-7-9-20(10-8-19)6-4-15-24-22-13-11-21(12-14-22)23-25-16-18(2)17-26-23/h4,6,11-14,18-20,23H,3,5,7-10,15-17H2,1-2H3. The smallest absolute Gasteiger partial charge is 0.183 e. The Morgan fingerprint density at radius 3 is 2.38 bits per heavy atom. The Bertz CT molecular complexity index is 535. The molecule has 0 unspecified atom stereocenters. The maximum atomic E-state index is 5.85. The molecule has 2 fully saturated rings. The molecular formula is C23H34O3. The van der Waals surface area contributed by atoms with Gasteiger partial charge in [-0.05, 0) is 49.7 Å². The molecule has 0 atom stereocenters. The molecule has 0 aromatic heterocycles. The molecule has 1 saturated heterocycles. The number of allylic oxidation sites excluding steroid dienone is 1. The summed E-state index contributed by atoms with van der Waals surface area (Å²) in [6.45, 7) is 6.59. The first-order valence-corrected chi connectivity index (χ1v) is 10.4. The van der Waals surface area contributed by atoms with Gasteiger partial charge in [-0.1, -0.05) is 51.0 Å². The first kappa shape index (κ1) is 19.4. The molecule has 1 saturated carbocycles. The quantitative estimate of drug-likeness (QED) is 0.567. The van der Waals surface area contributed by atoms with Crippen molar-refractivity contribution in [3.8, 4) is 5.75 Å². The van der Waals surface area contributed by atoms with Crippen LogP contribution in [0.1, 0.15) is 64.2 Å². The van der Waals surface area contributed by atoms with Gasteiger partial charge in [0.2, 0.25) is 0 Å². The van der Waals surface area contributed by atoms with E-state index in [2.05, 4.69) is 26.0 Å². The summed E-state index contributed by atoms with van der Waals surface area (Å²) < 4.78 is 17.3. The highest BCUT2D eigenvalue weighted by molar-refractivity contribution is 5.28. The van der Waals surface area contributed by atoms with E-state index in [9.17, 15) is 0 Å². The Morgan fingerprint density at radius 1 is 1.04 bits per heavy atom. The lowest BCUT2D eigenvalue weighted by molar-refractivity contribution is -0.202. The fraction of sp³-hybridized carbons (Fsp3) is 0.652. The van der Waals surface area contributed by atoms with Crippen LogP contribution in [-0.2, 0) is 9.47 Å². The van der Waals surface area contributed by atoms with Crippen LogP contribution in [-0.4, -0.2) is 19.8 Å². The van der Waals surface area contributed by atoms with Crippen molar-refractivity contribution in [1.29, 1.82) is 0 Å². The van der Waals surface area contributed by atoms with Crippen LogP contribution in [0.3, 0.4) is 0 Å². The van der Waals surface area contributed by atoms with Gasteiger partial charge in [0.1, 0.15) is 12.4 Å². The number of hydrogen-bond acceptors (Lipinski definition) is 3. The van der Waals surface area contributed by atoms with Gasteiger partial charge in [-0.15, -0.1) is 0 Å². The molecule has 0 amide bonds. The van der Waals surface area contributed by atoms with Crippen LogP contribution in [0.5, 0.6) is 5.75 Å². The first-order valence-electron chi connectivity index (χ1n) is 10.4. The van der Waals surface area contributed by atoms with E-state index in [4.69, 9.17) is 14.2 Å². The van der Waals surface area contributed by atoms with Crippen LogP contribution in [0.2, 0.25) is 0 Å². The van der Waals surface area contributed by atoms with Crippen molar-refractivity contribution in [2.24, 2.45) is 17.8 Å². The molecule has 1 aromatic carbocycles. The first-order chi connectivity index (χ1) is 12.7. The van der Waals surface area contributed by atoms with Crippen LogP contribution in [0.4, 0.5) is 0 Å². The number of benzene rings is 1. The molecule has 0 spiro atoms. The van der Waals surface area contributed by atoms with Crippen LogP contribution < -0.4 is 4.74 Å². The van der Waals surface area contributed by atoms with Crippen molar-refractivity contribution >= 4 is 0 Å². The van der Waals surface area contributed by atoms with Gasteiger partial charge >= 0.3 is 0 Å². The van der Waals surface area contributed by atoms with E-state index in [1.54, 1.807) is 0 Å². The van der Waals surface area contributed by atoms with E-state index in [-0.39, 0.29) is 6.29 Å². The normalized spacial score (nSPS) is 29.8. The van der Waals surface area contributed by atoms with Crippen molar-refractivity contribution in [2.75, 3.05) is 19.8 Å². The Labute approximate surface area is 158 Å². The third-order valence-corrected chi connectivity index (χ3v) is 5.56. The predicted octanol–water partition coefficient (Wildman–Crippen LogP) is 5.91. The summed E-state index contributed by atoms with van der Waals surface area (Å²) in [6.07, 6.45) is 12.5. The maximum Gasteiger partial charge on any atom is 0.183 e. The van der Waals surface area contributed by atoms with Gasteiger partial charge in [0.05, 0.1) is 13.2 Å². The van der Waals surface area contributed by atoms with Gasteiger partial charge in [0, 0.05) is 11.5 Å². The molecule has 3 nitrogen and oxygen atoms in total. The molecule has 1 aliphatic heterocycles. The summed E-state index contributed by atoms with van der Waals surface area (Å²) in [5, 5.41) is 0. The fourth-order valence-electron chi connectivity index (χ4n) is 3.98. The van der Waals surface area contributed by atoms with Crippen molar-refractivity contribution in [2.45, 2.75) is 58.7 Å². The van der Waals surface area contributed by atoms with Gasteiger partial charge in [-0.3, -0.25) is 0 Å². The molecule has 1 heterocycles. The van der Waals surface area contributed by atoms with E-state index < -0.39 is 0 Å². The molecular weight excluding hydrogens is 324 g/mol. The Morgan fingerprint density at radius 2 is 1.73 bits per heavy atom. The predicted molar refractivity (Wildman–Crippen MR) is 105 cm³/mol. The minimum atomic E-state index is -0.233. The summed E-state index contributed by atoms with van der Waals surface area (Å²) in [7, 11) is 0. The lowest BCUT2D eigenvalue weighted by Crippen LogP contribution is -2.24.